The summed E-state index contributed by atoms with van der Waals surface area (Å²) in [6.07, 6.45) is -6.82. The van der Waals surface area contributed by atoms with Crippen LogP contribution in [0, 0.1) is 11.3 Å². The Hall–Kier alpha value is -2.80. The van der Waals surface area contributed by atoms with E-state index in [-0.39, 0.29) is 11.5 Å². The van der Waals surface area contributed by atoms with Crippen LogP contribution in [0.1, 0.15) is 21.5 Å². The lowest BCUT2D eigenvalue weighted by Gasteiger charge is -2.39. The molecule has 28 heavy (non-hydrogen) atoms. The van der Waals surface area contributed by atoms with E-state index in [1.54, 1.807) is 24.3 Å². The van der Waals surface area contributed by atoms with Crippen molar-refractivity contribution in [1.82, 2.24) is 0 Å². The first-order chi connectivity index (χ1) is 13.4. The summed E-state index contributed by atoms with van der Waals surface area (Å²) in [5.41, 5.74) is 1.27. The van der Waals surface area contributed by atoms with Gasteiger partial charge in [-0.2, -0.15) is 5.26 Å². The minimum Gasteiger partial charge on any atom is -0.482 e. The van der Waals surface area contributed by atoms with E-state index < -0.39 is 37.3 Å². The predicted octanol–water partition coefficient (Wildman–Crippen LogP) is -0.0320. The van der Waals surface area contributed by atoms with Crippen LogP contribution in [0.25, 0.3) is 0 Å². The van der Waals surface area contributed by atoms with Gasteiger partial charge in [0.15, 0.2) is 18.2 Å². The summed E-state index contributed by atoms with van der Waals surface area (Å²) in [6.45, 7) is -0.561. The van der Waals surface area contributed by atoms with Gasteiger partial charge in [-0.25, -0.2) is 0 Å². The zero-order chi connectivity index (χ0) is 20.3. The quantitative estimate of drug-likeness (QED) is 0.526. The highest BCUT2D eigenvalue weighted by molar-refractivity contribution is 6.09. The monoisotopic (exact) mass is 385 g/mol. The SMILES string of the molecule is N#Cc1ccc(C(=O)c2ccc(O[C@H]3[C@@H](O)[C@H](O)[C@@H](CO)O[C@@H]3O)cc2)cc1. The summed E-state index contributed by atoms with van der Waals surface area (Å²) in [7, 11) is 0. The van der Waals surface area contributed by atoms with Gasteiger partial charge in [0.2, 0.25) is 0 Å². The fourth-order valence-electron chi connectivity index (χ4n) is 2.90. The minimum atomic E-state index is -1.55. The van der Waals surface area contributed by atoms with Crippen LogP contribution in [0.5, 0.6) is 5.75 Å². The van der Waals surface area contributed by atoms with Gasteiger partial charge < -0.3 is 29.9 Å². The second-order valence-electron chi connectivity index (χ2n) is 6.35. The van der Waals surface area contributed by atoms with Gasteiger partial charge in [0.25, 0.3) is 0 Å². The Bertz CT molecular complexity index is 860. The normalized spacial score (nSPS) is 27.0. The molecule has 0 aromatic heterocycles. The van der Waals surface area contributed by atoms with Crippen molar-refractivity contribution in [2.24, 2.45) is 0 Å². The van der Waals surface area contributed by atoms with Crippen molar-refractivity contribution < 1.29 is 34.7 Å². The third-order valence-corrected chi connectivity index (χ3v) is 4.51. The molecule has 3 rings (SSSR count). The molecule has 8 heteroatoms. The van der Waals surface area contributed by atoms with Crippen molar-refractivity contribution in [3.05, 3.63) is 65.2 Å². The number of carbonyl (C=O) groups is 1. The summed E-state index contributed by atoms with van der Waals surface area (Å²) >= 11 is 0. The topological polar surface area (TPSA) is 140 Å². The predicted molar refractivity (Wildman–Crippen MR) is 95.4 cm³/mol. The fraction of sp³-hybridized carbons (Fsp3) is 0.300. The average molecular weight is 385 g/mol. The van der Waals surface area contributed by atoms with Gasteiger partial charge in [0.1, 0.15) is 24.1 Å². The number of aliphatic hydroxyl groups is 4. The lowest BCUT2D eigenvalue weighted by atomic mass is 9.99. The number of benzene rings is 2. The lowest BCUT2D eigenvalue weighted by molar-refractivity contribution is -0.280. The van der Waals surface area contributed by atoms with Crippen molar-refractivity contribution >= 4 is 5.78 Å². The van der Waals surface area contributed by atoms with E-state index in [1.165, 1.54) is 24.3 Å². The minimum absolute atomic E-state index is 0.238. The number of nitrogens with zero attached hydrogens (tertiary/aromatic N) is 1. The zero-order valence-corrected chi connectivity index (χ0v) is 14.7. The van der Waals surface area contributed by atoms with Crippen molar-refractivity contribution in [2.45, 2.75) is 30.7 Å². The molecule has 2 aromatic carbocycles. The number of ketones is 1. The first-order valence-corrected chi connectivity index (χ1v) is 8.56. The van der Waals surface area contributed by atoms with Crippen LogP contribution < -0.4 is 4.74 Å². The molecular weight excluding hydrogens is 366 g/mol. The molecule has 1 aliphatic rings. The highest BCUT2D eigenvalue weighted by Gasteiger charge is 2.45. The molecule has 0 aliphatic carbocycles. The first-order valence-electron chi connectivity index (χ1n) is 8.56. The molecule has 1 aliphatic heterocycles. The van der Waals surface area contributed by atoms with Crippen molar-refractivity contribution in [3.63, 3.8) is 0 Å². The first kappa shape index (κ1) is 19.9. The molecule has 1 saturated heterocycles. The maximum atomic E-state index is 12.5. The van der Waals surface area contributed by atoms with E-state index in [9.17, 15) is 20.1 Å². The number of rotatable bonds is 5. The standard InChI is InChI=1S/C20H19NO7/c21-9-11-1-3-12(4-2-11)16(23)13-5-7-14(8-6-13)27-19-18(25)17(24)15(10-22)28-20(19)26/h1-8,15,17-20,22,24-26H,10H2/t15-,17-,18+,19+,20+/m1/s1. The van der Waals surface area contributed by atoms with E-state index >= 15 is 0 Å². The number of nitriles is 1. The van der Waals surface area contributed by atoms with E-state index in [4.69, 9.17) is 19.8 Å². The maximum Gasteiger partial charge on any atom is 0.195 e. The lowest BCUT2D eigenvalue weighted by Crippen LogP contribution is -2.60. The summed E-state index contributed by atoms with van der Waals surface area (Å²) in [6, 6.07) is 14.2. The number of hydrogen-bond donors (Lipinski definition) is 4. The van der Waals surface area contributed by atoms with Gasteiger partial charge in [-0.05, 0) is 48.5 Å². The largest absolute Gasteiger partial charge is 0.482 e. The van der Waals surface area contributed by atoms with Crippen LogP contribution in [0.15, 0.2) is 48.5 Å². The van der Waals surface area contributed by atoms with E-state index in [0.29, 0.717) is 16.7 Å². The molecule has 0 amide bonds. The maximum absolute atomic E-state index is 12.5. The van der Waals surface area contributed by atoms with Crippen molar-refractivity contribution in [3.8, 4) is 11.8 Å². The Morgan fingerprint density at radius 3 is 2.11 bits per heavy atom. The Morgan fingerprint density at radius 1 is 1.00 bits per heavy atom. The average Bonchev–Trinajstić information content (AvgIpc) is 2.73. The molecule has 5 atom stereocenters. The van der Waals surface area contributed by atoms with Crippen molar-refractivity contribution in [1.29, 1.82) is 5.26 Å². The van der Waals surface area contributed by atoms with Gasteiger partial charge in [-0.15, -0.1) is 0 Å². The van der Waals surface area contributed by atoms with Gasteiger partial charge in [0, 0.05) is 11.1 Å². The second-order valence-corrected chi connectivity index (χ2v) is 6.35. The molecular formula is C20H19NO7. The number of carbonyl (C=O) groups excluding carboxylic acids is 1. The van der Waals surface area contributed by atoms with Crippen molar-refractivity contribution in [2.75, 3.05) is 6.61 Å². The Balaban J connectivity index is 1.70. The highest BCUT2D eigenvalue weighted by atomic mass is 16.7. The van der Waals surface area contributed by atoms with Crippen LogP contribution in [-0.2, 0) is 4.74 Å². The van der Waals surface area contributed by atoms with Gasteiger partial charge in [-0.1, -0.05) is 0 Å². The van der Waals surface area contributed by atoms with E-state index in [0.717, 1.165) is 0 Å². The third kappa shape index (κ3) is 4.04. The van der Waals surface area contributed by atoms with Crippen LogP contribution in [-0.4, -0.2) is 63.5 Å². The van der Waals surface area contributed by atoms with Crippen LogP contribution in [0.3, 0.4) is 0 Å². The number of ether oxygens (including phenoxy) is 2. The molecule has 0 unspecified atom stereocenters. The zero-order valence-electron chi connectivity index (χ0n) is 14.7. The smallest absolute Gasteiger partial charge is 0.195 e. The summed E-state index contributed by atoms with van der Waals surface area (Å²) < 4.78 is 10.5. The molecule has 8 nitrogen and oxygen atoms in total. The van der Waals surface area contributed by atoms with Gasteiger partial charge in [0.05, 0.1) is 18.2 Å². The molecule has 2 aromatic rings. The Kier molecular flexibility index (Phi) is 6.04. The molecule has 0 radical (unpaired) electrons. The molecule has 4 N–H and O–H groups in total. The summed E-state index contributed by atoms with van der Waals surface area (Å²) in [4.78, 5) is 12.5. The molecule has 0 bridgehead atoms. The summed E-state index contributed by atoms with van der Waals surface area (Å²) in [5, 5.41) is 47.8. The Morgan fingerprint density at radius 2 is 1.57 bits per heavy atom. The number of hydrogen-bond acceptors (Lipinski definition) is 8. The molecule has 0 saturated carbocycles. The second kappa shape index (κ2) is 8.48. The fourth-order valence-corrected chi connectivity index (χ4v) is 2.90. The van der Waals surface area contributed by atoms with Gasteiger partial charge in [-0.3, -0.25) is 4.79 Å². The van der Waals surface area contributed by atoms with Crippen LogP contribution in [0.2, 0.25) is 0 Å². The van der Waals surface area contributed by atoms with Crippen LogP contribution in [0.4, 0.5) is 0 Å². The van der Waals surface area contributed by atoms with Gasteiger partial charge >= 0.3 is 0 Å². The third-order valence-electron chi connectivity index (χ3n) is 4.51. The summed E-state index contributed by atoms with van der Waals surface area (Å²) in [5.74, 6) is 0.0102. The molecule has 1 heterocycles. The number of aliphatic hydroxyl groups excluding tert-OH is 4. The van der Waals surface area contributed by atoms with Crippen LogP contribution >= 0.6 is 0 Å². The molecule has 1 fully saturated rings. The van der Waals surface area contributed by atoms with E-state index in [1.807, 2.05) is 6.07 Å². The van der Waals surface area contributed by atoms with E-state index in [2.05, 4.69) is 0 Å². The molecule has 146 valence electrons. The molecule has 0 spiro atoms. The highest BCUT2D eigenvalue weighted by Crippen LogP contribution is 2.25. The Labute approximate surface area is 160 Å².